The monoisotopic (exact) mass is 387 g/mol. The molecule has 1 amide bonds. The van der Waals surface area contributed by atoms with Gasteiger partial charge in [0, 0.05) is 31.1 Å². The standard InChI is InChI=1S/C24H25N3O2/c1-17-22-20(26-25-19-12-7-4-8-13-19)14-9-15-21(22)29-23(17)24(28)27(2)16-18-10-5-3-6-11-18/h3-8,10-13,25H,9,14-16H2,1-2H3/b26-20+. The van der Waals surface area contributed by atoms with Gasteiger partial charge >= 0.3 is 0 Å². The van der Waals surface area contributed by atoms with E-state index in [-0.39, 0.29) is 5.91 Å². The van der Waals surface area contributed by atoms with Gasteiger partial charge in [0.1, 0.15) is 5.76 Å². The average molecular weight is 387 g/mol. The first kappa shape index (κ1) is 19.0. The summed E-state index contributed by atoms with van der Waals surface area (Å²) in [6, 6.07) is 19.8. The van der Waals surface area contributed by atoms with E-state index in [1.54, 1.807) is 4.90 Å². The third-order valence-corrected chi connectivity index (χ3v) is 5.22. The van der Waals surface area contributed by atoms with Crippen molar-refractivity contribution in [2.75, 3.05) is 12.5 Å². The molecule has 0 saturated carbocycles. The Labute approximate surface area is 171 Å². The summed E-state index contributed by atoms with van der Waals surface area (Å²) in [5.41, 5.74) is 7.96. The van der Waals surface area contributed by atoms with E-state index in [9.17, 15) is 4.79 Å². The molecular weight excluding hydrogens is 362 g/mol. The Morgan fingerprint density at radius 3 is 2.48 bits per heavy atom. The van der Waals surface area contributed by atoms with Gasteiger partial charge in [-0.15, -0.1) is 0 Å². The summed E-state index contributed by atoms with van der Waals surface area (Å²) in [6.07, 6.45) is 2.65. The van der Waals surface area contributed by atoms with Gasteiger partial charge in [-0.05, 0) is 37.5 Å². The lowest BCUT2D eigenvalue weighted by atomic mass is 9.93. The van der Waals surface area contributed by atoms with Crippen LogP contribution in [0.4, 0.5) is 5.69 Å². The third kappa shape index (κ3) is 4.09. The molecule has 1 N–H and O–H groups in total. The predicted molar refractivity (Wildman–Crippen MR) is 115 cm³/mol. The second kappa shape index (κ2) is 8.35. The van der Waals surface area contributed by atoms with E-state index < -0.39 is 0 Å². The van der Waals surface area contributed by atoms with Crippen LogP contribution in [0, 0.1) is 6.92 Å². The first-order valence-electron chi connectivity index (χ1n) is 9.93. The van der Waals surface area contributed by atoms with Gasteiger partial charge in [-0.2, -0.15) is 5.10 Å². The lowest BCUT2D eigenvalue weighted by Gasteiger charge is -2.16. The molecule has 2 aromatic carbocycles. The van der Waals surface area contributed by atoms with Crippen molar-refractivity contribution in [3.8, 4) is 0 Å². The normalized spacial score (nSPS) is 14.5. The number of carbonyl (C=O) groups is 1. The number of amides is 1. The number of hydrogen-bond donors (Lipinski definition) is 1. The lowest BCUT2D eigenvalue weighted by Crippen LogP contribution is -2.26. The number of nitrogens with one attached hydrogen (secondary N) is 1. The van der Waals surface area contributed by atoms with E-state index in [0.29, 0.717) is 12.3 Å². The van der Waals surface area contributed by atoms with Gasteiger partial charge in [-0.1, -0.05) is 48.5 Å². The number of carbonyl (C=O) groups excluding carboxylic acids is 1. The summed E-state index contributed by atoms with van der Waals surface area (Å²) in [5.74, 6) is 1.18. The van der Waals surface area contributed by atoms with E-state index >= 15 is 0 Å². The van der Waals surface area contributed by atoms with Crippen molar-refractivity contribution in [1.82, 2.24) is 4.90 Å². The Morgan fingerprint density at radius 2 is 1.76 bits per heavy atom. The predicted octanol–water partition coefficient (Wildman–Crippen LogP) is 5.01. The molecule has 0 unspecified atom stereocenters. The van der Waals surface area contributed by atoms with Gasteiger partial charge in [0.25, 0.3) is 5.91 Å². The molecule has 0 saturated heterocycles. The molecule has 1 aliphatic rings. The fourth-order valence-corrected chi connectivity index (χ4v) is 3.73. The fourth-order valence-electron chi connectivity index (χ4n) is 3.73. The van der Waals surface area contributed by atoms with Crippen LogP contribution in [0.2, 0.25) is 0 Å². The zero-order valence-corrected chi connectivity index (χ0v) is 16.8. The smallest absolute Gasteiger partial charge is 0.289 e. The van der Waals surface area contributed by atoms with E-state index in [2.05, 4.69) is 10.5 Å². The molecular formula is C24H25N3O2. The number of para-hydroxylation sites is 1. The van der Waals surface area contributed by atoms with Crippen LogP contribution in [-0.2, 0) is 13.0 Å². The molecule has 29 heavy (non-hydrogen) atoms. The number of hydrazone groups is 1. The highest BCUT2D eigenvalue weighted by Crippen LogP contribution is 2.31. The van der Waals surface area contributed by atoms with Gasteiger partial charge in [-0.25, -0.2) is 0 Å². The summed E-state index contributed by atoms with van der Waals surface area (Å²) in [7, 11) is 1.81. The molecule has 1 heterocycles. The van der Waals surface area contributed by atoms with Crippen molar-refractivity contribution in [2.24, 2.45) is 5.10 Å². The molecule has 0 spiro atoms. The molecule has 148 valence electrons. The molecule has 1 aliphatic carbocycles. The molecule has 0 bridgehead atoms. The van der Waals surface area contributed by atoms with Crippen LogP contribution in [0.25, 0.3) is 0 Å². The quantitative estimate of drug-likeness (QED) is 0.626. The maximum absolute atomic E-state index is 13.1. The fraction of sp³-hybridized carbons (Fsp3) is 0.250. The molecule has 3 aromatic rings. The number of fused-ring (bicyclic) bond motifs is 1. The maximum Gasteiger partial charge on any atom is 0.289 e. The van der Waals surface area contributed by atoms with Gasteiger partial charge in [0.05, 0.1) is 11.4 Å². The van der Waals surface area contributed by atoms with Gasteiger partial charge < -0.3 is 9.32 Å². The Kier molecular flexibility index (Phi) is 5.47. The van der Waals surface area contributed by atoms with Crippen LogP contribution in [0.15, 0.2) is 70.2 Å². The second-order valence-corrected chi connectivity index (χ2v) is 7.39. The molecule has 0 radical (unpaired) electrons. The molecule has 4 rings (SSSR count). The van der Waals surface area contributed by atoms with Crippen LogP contribution in [0.3, 0.4) is 0 Å². The Balaban J connectivity index is 1.58. The number of hydrogen-bond acceptors (Lipinski definition) is 4. The molecule has 5 heteroatoms. The average Bonchev–Trinajstić information content (AvgIpc) is 3.10. The summed E-state index contributed by atoms with van der Waals surface area (Å²) < 4.78 is 6.04. The van der Waals surface area contributed by atoms with Crippen molar-refractivity contribution < 1.29 is 9.21 Å². The minimum atomic E-state index is -0.101. The summed E-state index contributed by atoms with van der Waals surface area (Å²) in [4.78, 5) is 14.8. The number of rotatable bonds is 5. The van der Waals surface area contributed by atoms with Crippen molar-refractivity contribution >= 4 is 17.3 Å². The zero-order valence-electron chi connectivity index (χ0n) is 16.8. The molecule has 0 aliphatic heterocycles. The van der Waals surface area contributed by atoms with Crippen LogP contribution in [0.1, 0.15) is 45.8 Å². The third-order valence-electron chi connectivity index (χ3n) is 5.22. The number of anilines is 1. The van der Waals surface area contributed by atoms with Gasteiger partial charge in [0.2, 0.25) is 0 Å². The van der Waals surface area contributed by atoms with Crippen LogP contribution >= 0.6 is 0 Å². The first-order valence-corrected chi connectivity index (χ1v) is 9.93. The minimum absolute atomic E-state index is 0.101. The number of furan rings is 1. The SMILES string of the molecule is Cc1c(C(=O)N(C)Cc2ccccc2)oc2c1/C(=N/Nc1ccccc1)CCC2. The second-order valence-electron chi connectivity index (χ2n) is 7.39. The molecule has 0 atom stereocenters. The van der Waals surface area contributed by atoms with E-state index in [1.807, 2.05) is 74.6 Å². The topological polar surface area (TPSA) is 57.8 Å². The lowest BCUT2D eigenvalue weighted by molar-refractivity contribution is 0.0750. The zero-order chi connectivity index (χ0) is 20.2. The highest BCUT2D eigenvalue weighted by Gasteiger charge is 2.29. The molecule has 5 nitrogen and oxygen atoms in total. The first-order chi connectivity index (χ1) is 14.1. The van der Waals surface area contributed by atoms with Crippen molar-refractivity contribution in [3.63, 3.8) is 0 Å². The number of benzene rings is 2. The number of aryl methyl sites for hydroxylation is 1. The highest BCUT2D eigenvalue weighted by atomic mass is 16.4. The Bertz CT molecular complexity index is 1020. The minimum Gasteiger partial charge on any atom is -0.455 e. The van der Waals surface area contributed by atoms with Gasteiger partial charge in [0.15, 0.2) is 5.76 Å². The molecule has 1 aromatic heterocycles. The van der Waals surface area contributed by atoms with Crippen molar-refractivity contribution in [1.29, 1.82) is 0 Å². The Hall–Kier alpha value is -3.34. The highest BCUT2D eigenvalue weighted by molar-refractivity contribution is 6.06. The van der Waals surface area contributed by atoms with Crippen LogP contribution in [0.5, 0.6) is 0 Å². The van der Waals surface area contributed by atoms with E-state index in [4.69, 9.17) is 4.42 Å². The van der Waals surface area contributed by atoms with Crippen LogP contribution < -0.4 is 5.43 Å². The maximum atomic E-state index is 13.1. The molecule has 0 fully saturated rings. The van der Waals surface area contributed by atoms with Crippen molar-refractivity contribution in [2.45, 2.75) is 32.7 Å². The largest absolute Gasteiger partial charge is 0.455 e. The number of nitrogens with zero attached hydrogens (tertiary/aromatic N) is 2. The van der Waals surface area contributed by atoms with Crippen LogP contribution in [-0.4, -0.2) is 23.6 Å². The van der Waals surface area contributed by atoms with E-state index in [1.165, 1.54) is 0 Å². The Morgan fingerprint density at radius 1 is 1.07 bits per heavy atom. The van der Waals surface area contributed by atoms with E-state index in [0.717, 1.165) is 53.1 Å². The van der Waals surface area contributed by atoms with Crippen molar-refractivity contribution in [3.05, 3.63) is 88.9 Å². The summed E-state index contributed by atoms with van der Waals surface area (Å²) in [5, 5.41) is 4.62. The summed E-state index contributed by atoms with van der Waals surface area (Å²) in [6.45, 7) is 2.50. The summed E-state index contributed by atoms with van der Waals surface area (Å²) >= 11 is 0. The van der Waals surface area contributed by atoms with Gasteiger partial charge in [-0.3, -0.25) is 10.2 Å².